The van der Waals surface area contributed by atoms with E-state index < -0.39 is 0 Å². The van der Waals surface area contributed by atoms with E-state index in [0.29, 0.717) is 0 Å². The third-order valence-corrected chi connectivity index (χ3v) is 21.3. The van der Waals surface area contributed by atoms with Crippen molar-refractivity contribution in [2.75, 3.05) is 32.7 Å². The number of nitrogens with zero attached hydrogens (tertiary/aromatic N) is 2. The Morgan fingerprint density at radius 1 is 0.242 bits per heavy atom. The predicted octanol–water partition coefficient (Wildman–Crippen LogP) is 28.7. The first kappa shape index (κ1) is 90.1. The monoisotopic (exact) mass is 1280 g/mol. The van der Waals surface area contributed by atoms with Gasteiger partial charge in [0.05, 0.1) is 12.1 Å². The highest BCUT2D eigenvalue weighted by Gasteiger charge is 2.28. The predicted molar refractivity (Wildman–Crippen MR) is 411 cm³/mol. The Morgan fingerprint density at radius 3 is 0.703 bits per heavy atom. The summed E-state index contributed by atoms with van der Waals surface area (Å²) in [6.45, 7) is 21.3. The van der Waals surface area contributed by atoms with E-state index in [1.807, 2.05) is 0 Å². The minimum Gasteiger partial charge on any atom is -0.345 e. The summed E-state index contributed by atoms with van der Waals surface area (Å²) >= 11 is 0. The summed E-state index contributed by atoms with van der Waals surface area (Å²) in [7, 11) is 0. The molecule has 0 aliphatic carbocycles. The molecule has 2 unspecified atom stereocenters. The van der Waals surface area contributed by atoms with E-state index in [1.165, 1.54) is 424 Å². The number of carbonyl (C=O) groups excluding carboxylic acids is 2. The summed E-state index contributed by atoms with van der Waals surface area (Å²) in [5, 5.41) is 3.54. The number of hydrogen-bond donors (Lipinski definition) is 1. The summed E-state index contributed by atoms with van der Waals surface area (Å²) < 4.78 is 0. The molecule has 1 amide bonds. The van der Waals surface area contributed by atoms with E-state index in [9.17, 15) is 4.79 Å². The molecule has 0 aromatic rings. The molecule has 2 atom stereocenters. The molecule has 0 aliphatic heterocycles. The largest absolute Gasteiger partial charge is 0.345 e. The van der Waals surface area contributed by atoms with E-state index in [-0.39, 0.29) is 23.8 Å². The zero-order chi connectivity index (χ0) is 66.1. The molecule has 0 spiro atoms. The van der Waals surface area contributed by atoms with Crippen LogP contribution in [0.2, 0.25) is 0 Å². The lowest BCUT2D eigenvalue weighted by Crippen LogP contribution is -2.52. The van der Waals surface area contributed by atoms with Gasteiger partial charge >= 0.3 is 0 Å². The standard InChI is InChI=1S/C86H173N3O2/c1-8-14-20-26-32-38-44-50-56-62-72-83(73-63-57-51-45-39-33-27-21-15-9-2)74-64-65-76-85(89(80-69-60-54-48-42-36-30-24-18-12-5)81-70-61-55-49-43-37-31-25-19-13-6)86(91)87-84(82(7)90)75-66-71-79-88(77-67-58-52-46-40-34-28-22-16-10-3)78-68-59-53-47-41-35-29-23-17-11-4/h83-85H,8-81H2,1-7H3,(H,87,91). The average Bonchev–Trinajstić information content (AvgIpc) is 3.28. The molecule has 0 aromatic heterocycles. The SMILES string of the molecule is CCCCCCCCCCCCC(CCCCCCCCCCCC)CCCCC(C(=O)NC(CCCCN(CCCCCCCCCCCC)CCCCCCCCCCCC)C(C)=O)N(CCCCCCCCCCCC)CCCCCCCCCCCC. The van der Waals surface area contributed by atoms with Crippen LogP contribution < -0.4 is 5.32 Å². The summed E-state index contributed by atoms with van der Waals surface area (Å²) in [4.78, 5) is 34.3. The van der Waals surface area contributed by atoms with Gasteiger partial charge in [-0.1, -0.05) is 433 Å². The van der Waals surface area contributed by atoms with Crippen molar-refractivity contribution in [2.24, 2.45) is 5.92 Å². The first-order valence-corrected chi connectivity index (χ1v) is 43.1. The van der Waals surface area contributed by atoms with Gasteiger partial charge in [0.1, 0.15) is 0 Å². The van der Waals surface area contributed by atoms with Crippen LogP contribution in [-0.4, -0.2) is 66.3 Å². The molecule has 5 nitrogen and oxygen atoms in total. The molecule has 5 heteroatoms. The van der Waals surface area contributed by atoms with Gasteiger partial charge in [0.25, 0.3) is 0 Å². The highest BCUT2D eigenvalue weighted by Crippen LogP contribution is 2.27. The second kappa shape index (κ2) is 76.4. The quantitative estimate of drug-likeness (QED) is 0.0617. The van der Waals surface area contributed by atoms with E-state index >= 15 is 4.79 Å². The van der Waals surface area contributed by atoms with Crippen LogP contribution in [0.4, 0.5) is 0 Å². The maximum absolute atomic E-state index is 15.2. The highest BCUT2D eigenvalue weighted by atomic mass is 16.2. The number of ketones is 1. The van der Waals surface area contributed by atoms with Gasteiger partial charge < -0.3 is 10.2 Å². The molecule has 544 valence electrons. The fourth-order valence-electron chi connectivity index (χ4n) is 14.9. The molecule has 0 aliphatic rings. The van der Waals surface area contributed by atoms with Gasteiger partial charge in [-0.3, -0.25) is 14.5 Å². The molecule has 0 aromatic carbocycles. The first-order valence-electron chi connectivity index (χ1n) is 43.1. The topological polar surface area (TPSA) is 52.7 Å². The van der Waals surface area contributed by atoms with Crippen molar-refractivity contribution in [1.29, 1.82) is 0 Å². The van der Waals surface area contributed by atoms with Crippen LogP contribution in [0, 0.1) is 5.92 Å². The third kappa shape index (κ3) is 66.1. The first-order chi connectivity index (χ1) is 44.9. The van der Waals surface area contributed by atoms with Crippen molar-refractivity contribution in [3.63, 3.8) is 0 Å². The van der Waals surface area contributed by atoms with Crippen molar-refractivity contribution < 1.29 is 9.59 Å². The van der Waals surface area contributed by atoms with Gasteiger partial charge in [0, 0.05) is 0 Å². The molecule has 0 radical (unpaired) electrons. The van der Waals surface area contributed by atoms with Crippen molar-refractivity contribution in [2.45, 2.75) is 504 Å². The van der Waals surface area contributed by atoms with Gasteiger partial charge in [0.15, 0.2) is 5.78 Å². The zero-order valence-electron chi connectivity index (χ0n) is 64.3. The molecule has 0 heterocycles. The average molecular weight is 1280 g/mol. The molecule has 0 bridgehead atoms. The number of nitrogens with one attached hydrogen (secondary N) is 1. The van der Waals surface area contributed by atoms with Crippen LogP contribution in [0.3, 0.4) is 0 Å². The Labute approximate surface area is 575 Å². The maximum Gasteiger partial charge on any atom is 0.237 e. The van der Waals surface area contributed by atoms with Gasteiger partial charge in [-0.15, -0.1) is 0 Å². The molecule has 0 saturated carbocycles. The van der Waals surface area contributed by atoms with Gasteiger partial charge in [-0.25, -0.2) is 0 Å². The smallest absolute Gasteiger partial charge is 0.237 e. The highest BCUT2D eigenvalue weighted by molar-refractivity contribution is 5.89. The lowest BCUT2D eigenvalue weighted by molar-refractivity contribution is -0.131. The normalized spacial score (nSPS) is 12.6. The molecule has 0 rings (SSSR count). The second-order valence-electron chi connectivity index (χ2n) is 30.4. The number of carbonyl (C=O) groups is 2. The van der Waals surface area contributed by atoms with Crippen molar-refractivity contribution in [3.8, 4) is 0 Å². The molecule has 0 fully saturated rings. The van der Waals surface area contributed by atoms with Crippen LogP contribution in [0.1, 0.15) is 492 Å². The van der Waals surface area contributed by atoms with Crippen LogP contribution in [0.25, 0.3) is 0 Å². The zero-order valence-corrected chi connectivity index (χ0v) is 64.3. The Kier molecular flexibility index (Phi) is 75.6. The lowest BCUT2D eigenvalue weighted by atomic mass is 9.89. The fourth-order valence-corrected chi connectivity index (χ4v) is 14.9. The van der Waals surface area contributed by atoms with Crippen LogP contribution in [-0.2, 0) is 9.59 Å². The number of hydrogen-bond acceptors (Lipinski definition) is 4. The van der Waals surface area contributed by atoms with Crippen molar-refractivity contribution in [3.05, 3.63) is 0 Å². The summed E-state index contributed by atoms with van der Waals surface area (Å²) in [5.74, 6) is 1.14. The maximum atomic E-state index is 15.2. The summed E-state index contributed by atoms with van der Waals surface area (Å²) in [6, 6.07) is -0.519. The Bertz CT molecular complexity index is 1310. The summed E-state index contributed by atoms with van der Waals surface area (Å²) in [6.07, 6.45) is 93.1. The Morgan fingerprint density at radius 2 is 0.440 bits per heavy atom. The minimum absolute atomic E-state index is 0.140. The van der Waals surface area contributed by atoms with Crippen molar-refractivity contribution in [1.82, 2.24) is 15.1 Å². The minimum atomic E-state index is -0.379. The van der Waals surface area contributed by atoms with Crippen LogP contribution >= 0.6 is 0 Å². The van der Waals surface area contributed by atoms with Crippen LogP contribution in [0.15, 0.2) is 0 Å². The van der Waals surface area contributed by atoms with Crippen molar-refractivity contribution >= 4 is 11.7 Å². The summed E-state index contributed by atoms with van der Waals surface area (Å²) in [5.41, 5.74) is 0. The molecule has 1 N–H and O–H groups in total. The number of amides is 1. The van der Waals surface area contributed by atoms with E-state index in [4.69, 9.17) is 0 Å². The van der Waals surface area contributed by atoms with E-state index in [1.54, 1.807) is 6.92 Å². The number of Topliss-reactive ketones (excluding diaryl/α,β-unsaturated/α-hetero) is 1. The Hall–Kier alpha value is -0.940. The fraction of sp³-hybridized carbons (Fsp3) is 0.977. The molecule has 0 saturated heterocycles. The van der Waals surface area contributed by atoms with Crippen LogP contribution in [0.5, 0.6) is 0 Å². The van der Waals surface area contributed by atoms with E-state index in [0.717, 1.165) is 57.7 Å². The molecule has 91 heavy (non-hydrogen) atoms. The number of rotatable bonds is 80. The number of unbranched alkanes of at least 4 members (excludes halogenated alkanes) is 56. The third-order valence-electron chi connectivity index (χ3n) is 21.3. The molecular formula is C86H173N3O2. The second-order valence-corrected chi connectivity index (χ2v) is 30.4. The molecular weight excluding hydrogens is 1110 g/mol. The lowest BCUT2D eigenvalue weighted by Gasteiger charge is -2.32. The van der Waals surface area contributed by atoms with Gasteiger partial charge in [0.2, 0.25) is 5.91 Å². The van der Waals surface area contributed by atoms with Gasteiger partial charge in [-0.2, -0.15) is 0 Å². The van der Waals surface area contributed by atoms with E-state index in [2.05, 4.69) is 56.7 Å². The Balaban J connectivity index is 6.24. The van der Waals surface area contributed by atoms with Gasteiger partial charge in [-0.05, 0) is 96.9 Å².